The molecule has 0 aliphatic heterocycles. The molecule has 0 fully saturated rings. The third-order valence-corrected chi connectivity index (χ3v) is 2.99. The van der Waals surface area contributed by atoms with Gasteiger partial charge in [-0.15, -0.1) is 0 Å². The Morgan fingerprint density at radius 3 is 2.80 bits per heavy atom. The van der Waals surface area contributed by atoms with Crippen molar-refractivity contribution < 1.29 is 14.3 Å². The number of aromatic nitrogens is 2. The highest BCUT2D eigenvalue weighted by molar-refractivity contribution is 5.92. The molecule has 0 aliphatic rings. The molecule has 6 heteroatoms. The zero-order chi connectivity index (χ0) is 14.3. The Balaban J connectivity index is 2.15. The van der Waals surface area contributed by atoms with Crippen molar-refractivity contribution in [3.63, 3.8) is 0 Å². The Labute approximate surface area is 112 Å². The van der Waals surface area contributed by atoms with Crippen LogP contribution in [0.25, 0.3) is 22.6 Å². The second-order valence-electron chi connectivity index (χ2n) is 4.37. The van der Waals surface area contributed by atoms with E-state index in [0.717, 1.165) is 0 Å². The highest BCUT2D eigenvalue weighted by atomic mass is 16.4. The molecule has 3 aromatic rings. The predicted octanol–water partition coefficient (Wildman–Crippen LogP) is 1.89. The van der Waals surface area contributed by atoms with Crippen molar-refractivity contribution in [2.75, 3.05) is 0 Å². The van der Waals surface area contributed by atoms with Crippen molar-refractivity contribution in [1.82, 2.24) is 9.55 Å². The molecule has 0 bridgehead atoms. The minimum absolute atomic E-state index is 0.129. The molecule has 0 aliphatic carbocycles. The third kappa shape index (κ3) is 1.97. The maximum Gasteiger partial charge on any atom is 0.335 e. The van der Waals surface area contributed by atoms with E-state index in [4.69, 9.17) is 9.52 Å². The number of hydrogen-bond acceptors (Lipinski definition) is 4. The van der Waals surface area contributed by atoms with Crippen molar-refractivity contribution in [2.24, 2.45) is 7.05 Å². The summed E-state index contributed by atoms with van der Waals surface area (Å²) >= 11 is 0. The first-order valence-corrected chi connectivity index (χ1v) is 5.85. The summed E-state index contributed by atoms with van der Waals surface area (Å²) in [5.41, 5.74) is 1.44. The second kappa shape index (κ2) is 4.34. The van der Waals surface area contributed by atoms with Gasteiger partial charge in [0.2, 0.25) is 5.89 Å². The Morgan fingerprint density at radius 2 is 2.10 bits per heavy atom. The Bertz CT molecular complexity index is 876. The van der Waals surface area contributed by atoms with Crippen LogP contribution in [-0.2, 0) is 7.05 Å². The molecule has 0 saturated heterocycles. The predicted molar refractivity (Wildman–Crippen MR) is 71.6 cm³/mol. The van der Waals surface area contributed by atoms with Crippen LogP contribution in [0.2, 0.25) is 0 Å². The van der Waals surface area contributed by atoms with Crippen LogP contribution < -0.4 is 5.56 Å². The van der Waals surface area contributed by atoms with E-state index in [0.29, 0.717) is 22.6 Å². The highest BCUT2D eigenvalue weighted by Gasteiger charge is 2.11. The first-order valence-electron chi connectivity index (χ1n) is 5.85. The fraction of sp³-hybridized carbons (Fsp3) is 0.0714. The molecule has 2 heterocycles. The number of oxazole rings is 1. The maximum absolute atomic E-state index is 11.6. The molecule has 6 nitrogen and oxygen atoms in total. The van der Waals surface area contributed by atoms with Crippen molar-refractivity contribution in [2.45, 2.75) is 0 Å². The van der Waals surface area contributed by atoms with E-state index in [1.54, 1.807) is 25.4 Å². The number of pyridine rings is 1. The summed E-state index contributed by atoms with van der Waals surface area (Å²) in [6.07, 6.45) is 1.62. The van der Waals surface area contributed by atoms with E-state index in [1.165, 1.54) is 22.8 Å². The summed E-state index contributed by atoms with van der Waals surface area (Å²) in [5, 5.41) is 8.93. The number of carbonyl (C=O) groups is 1. The fourth-order valence-electron chi connectivity index (χ4n) is 1.86. The summed E-state index contributed by atoms with van der Waals surface area (Å²) in [7, 11) is 1.65. The molecule has 1 aromatic carbocycles. The minimum atomic E-state index is -1.03. The van der Waals surface area contributed by atoms with Crippen LogP contribution in [0.15, 0.2) is 45.7 Å². The third-order valence-electron chi connectivity index (χ3n) is 2.99. The Hall–Kier alpha value is -2.89. The lowest BCUT2D eigenvalue weighted by Gasteiger charge is -1.97. The van der Waals surface area contributed by atoms with Gasteiger partial charge in [0.25, 0.3) is 5.56 Å². The maximum atomic E-state index is 11.6. The van der Waals surface area contributed by atoms with Gasteiger partial charge in [-0.1, -0.05) is 0 Å². The van der Waals surface area contributed by atoms with Crippen LogP contribution in [-0.4, -0.2) is 20.6 Å². The largest absolute Gasteiger partial charge is 0.478 e. The minimum Gasteiger partial charge on any atom is -0.478 e. The highest BCUT2D eigenvalue weighted by Crippen LogP contribution is 2.24. The number of carboxylic acids is 1. The van der Waals surface area contributed by atoms with E-state index < -0.39 is 5.97 Å². The first-order chi connectivity index (χ1) is 9.54. The van der Waals surface area contributed by atoms with Crippen molar-refractivity contribution in [3.8, 4) is 11.5 Å². The molecule has 0 saturated carbocycles. The molecule has 0 amide bonds. The number of rotatable bonds is 2. The summed E-state index contributed by atoms with van der Waals surface area (Å²) in [6, 6.07) is 7.58. The van der Waals surface area contributed by atoms with Gasteiger partial charge in [0.1, 0.15) is 5.52 Å². The molecular formula is C14H10N2O4. The lowest BCUT2D eigenvalue weighted by atomic mass is 10.2. The van der Waals surface area contributed by atoms with Gasteiger partial charge in [-0.3, -0.25) is 4.79 Å². The van der Waals surface area contributed by atoms with Crippen molar-refractivity contribution in [1.29, 1.82) is 0 Å². The fourth-order valence-corrected chi connectivity index (χ4v) is 1.86. The van der Waals surface area contributed by atoms with Gasteiger partial charge < -0.3 is 14.1 Å². The number of hydrogen-bond donors (Lipinski definition) is 1. The van der Waals surface area contributed by atoms with E-state index in [2.05, 4.69) is 4.98 Å². The number of carboxylic acid groups (broad SMARTS) is 1. The lowest BCUT2D eigenvalue weighted by Crippen LogP contribution is -2.14. The summed E-state index contributed by atoms with van der Waals surface area (Å²) < 4.78 is 6.96. The topological polar surface area (TPSA) is 85.3 Å². The summed E-state index contributed by atoms with van der Waals surface area (Å²) in [5.74, 6) is -0.737. The van der Waals surface area contributed by atoms with Gasteiger partial charge in [-0.05, 0) is 24.3 Å². The number of fused-ring (bicyclic) bond motifs is 1. The average Bonchev–Trinajstić information content (AvgIpc) is 2.84. The molecular weight excluding hydrogens is 260 g/mol. The van der Waals surface area contributed by atoms with Gasteiger partial charge in [-0.25, -0.2) is 9.78 Å². The van der Waals surface area contributed by atoms with Gasteiger partial charge >= 0.3 is 5.97 Å². The quantitative estimate of drug-likeness (QED) is 0.768. The molecule has 0 radical (unpaired) electrons. The molecule has 20 heavy (non-hydrogen) atoms. The molecule has 0 atom stereocenters. The molecule has 0 unspecified atom stereocenters. The SMILES string of the molecule is Cn1ccc(-c2nc3ccc(C(=O)O)cc3o2)cc1=O. The van der Waals surface area contributed by atoms with Crippen LogP contribution in [0.4, 0.5) is 0 Å². The number of aryl methyl sites for hydroxylation is 1. The normalized spacial score (nSPS) is 10.8. The zero-order valence-electron chi connectivity index (χ0n) is 10.5. The van der Waals surface area contributed by atoms with Gasteiger partial charge in [0, 0.05) is 24.9 Å². The Kier molecular flexibility index (Phi) is 2.64. The standard InChI is InChI=1S/C14H10N2O4/c1-16-5-4-8(7-12(16)17)13-15-10-3-2-9(14(18)19)6-11(10)20-13/h2-7H,1H3,(H,18,19). The number of nitrogens with zero attached hydrogens (tertiary/aromatic N) is 2. The van der Waals surface area contributed by atoms with Crippen LogP contribution in [0, 0.1) is 0 Å². The van der Waals surface area contributed by atoms with Crippen LogP contribution in [0.3, 0.4) is 0 Å². The molecule has 100 valence electrons. The van der Waals surface area contributed by atoms with Crippen LogP contribution in [0.1, 0.15) is 10.4 Å². The molecule has 3 rings (SSSR count). The Morgan fingerprint density at radius 1 is 1.30 bits per heavy atom. The lowest BCUT2D eigenvalue weighted by molar-refractivity contribution is 0.0697. The molecule has 2 aromatic heterocycles. The number of benzene rings is 1. The van der Waals surface area contributed by atoms with E-state index >= 15 is 0 Å². The van der Waals surface area contributed by atoms with Crippen molar-refractivity contribution >= 4 is 17.1 Å². The smallest absolute Gasteiger partial charge is 0.335 e. The van der Waals surface area contributed by atoms with Gasteiger partial charge in [0.05, 0.1) is 5.56 Å². The first kappa shape index (κ1) is 12.2. The van der Waals surface area contributed by atoms with Crippen LogP contribution in [0.5, 0.6) is 0 Å². The summed E-state index contributed by atoms with van der Waals surface area (Å²) in [6.45, 7) is 0. The van der Waals surface area contributed by atoms with Gasteiger partial charge in [-0.2, -0.15) is 0 Å². The van der Waals surface area contributed by atoms with Gasteiger partial charge in [0.15, 0.2) is 5.58 Å². The summed E-state index contributed by atoms with van der Waals surface area (Å²) in [4.78, 5) is 26.7. The molecule has 0 spiro atoms. The van der Waals surface area contributed by atoms with E-state index in [1.807, 2.05) is 0 Å². The van der Waals surface area contributed by atoms with E-state index in [-0.39, 0.29) is 11.1 Å². The van der Waals surface area contributed by atoms with Crippen LogP contribution >= 0.6 is 0 Å². The molecule has 1 N–H and O–H groups in total. The monoisotopic (exact) mass is 270 g/mol. The number of aromatic carboxylic acids is 1. The zero-order valence-corrected chi connectivity index (χ0v) is 10.5. The van der Waals surface area contributed by atoms with E-state index in [9.17, 15) is 9.59 Å². The average molecular weight is 270 g/mol. The van der Waals surface area contributed by atoms with Crippen molar-refractivity contribution in [3.05, 3.63) is 52.4 Å². The second-order valence-corrected chi connectivity index (χ2v) is 4.37.